The lowest BCUT2D eigenvalue weighted by atomic mass is 9.99. The highest BCUT2D eigenvalue weighted by Gasteiger charge is 2.42. The van der Waals surface area contributed by atoms with Gasteiger partial charge in [-0.3, -0.25) is 9.00 Å². The summed E-state index contributed by atoms with van der Waals surface area (Å²) in [6, 6.07) is 21.1. The minimum absolute atomic E-state index is 0.256. The smallest absolute Gasteiger partial charge is 0.243 e. The molecule has 0 aliphatic carbocycles. The fourth-order valence-electron chi connectivity index (χ4n) is 3.06. The van der Waals surface area contributed by atoms with Crippen LogP contribution in [0.2, 0.25) is 10.0 Å². The molecule has 0 saturated carbocycles. The van der Waals surface area contributed by atoms with E-state index in [-0.39, 0.29) is 6.54 Å². The first-order valence-electron chi connectivity index (χ1n) is 9.19. The molecule has 0 aliphatic rings. The molecule has 0 saturated heterocycles. The molecule has 0 bridgehead atoms. The molecule has 0 radical (unpaired) electrons. The summed E-state index contributed by atoms with van der Waals surface area (Å²) < 4.78 is 17.4. The van der Waals surface area contributed by atoms with Gasteiger partial charge in [0.05, 0.1) is 17.9 Å². The van der Waals surface area contributed by atoms with Crippen LogP contribution in [0.5, 0.6) is 5.75 Å². The van der Waals surface area contributed by atoms with E-state index in [1.165, 1.54) is 0 Å². The molecule has 0 heterocycles. The SMILES string of the molecule is COc1cccc(CNC(=O)C(C)(c2cc(Cl)cc(Cl)c2)S(=O)c2ccccc2)c1. The number of benzene rings is 3. The van der Waals surface area contributed by atoms with Crippen molar-refractivity contribution in [3.8, 4) is 5.75 Å². The van der Waals surface area contributed by atoms with E-state index < -0.39 is 21.5 Å². The molecule has 3 aromatic carbocycles. The minimum Gasteiger partial charge on any atom is -0.497 e. The van der Waals surface area contributed by atoms with Gasteiger partial charge in [-0.2, -0.15) is 0 Å². The van der Waals surface area contributed by atoms with E-state index in [2.05, 4.69) is 5.32 Å². The van der Waals surface area contributed by atoms with E-state index in [1.807, 2.05) is 30.3 Å². The molecule has 30 heavy (non-hydrogen) atoms. The van der Waals surface area contributed by atoms with Gasteiger partial charge in [-0.15, -0.1) is 0 Å². The van der Waals surface area contributed by atoms with Gasteiger partial charge in [0, 0.05) is 21.5 Å². The molecule has 3 rings (SSSR count). The number of nitrogens with one attached hydrogen (secondary N) is 1. The number of carbonyl (C=O) groups excluding carboxylic acids is 1. The second kappa shape index (κ2) is 9.65. The first-order valence-corrected chi connectivity index (χ1v) is 11.1. The van der Waals surface area contributed by atoms with Crippen molar-refractivity contribution in [2.24, 2.45) is 0 Å². The maximum atomic E-state index is 13.6. The highest BCUT2D eigenvalue weighted by atomic mass is 35.5. The predicted octanol–water partition coefficient (Wildman–Crippen LogP) is 5.34. The van der Waals surface area contributed by atoms with Gasteiger partial charge >= 0.3 is 0 Å². The summed E-state index contributed by atoms with van der Waals surface area (Å²) in [6.07, 6.45) is 0. The fourth-order valence-corrected chi connectivity index (χ4v) is 5.04. The lowest BCUT2D eigenvalue weighted by Crippen LogP contribution is -2.45. The number of halogens is 2. The number of hydrogen-bond acceptors (Lipinski definition) is 3. The zero-order valence-electron chi connectivity index (χ0n) is 16.5. The number of amides is 1. The number of hydrogen-bond donors (Lipinski definition) is 1. The van der Waals surface area contributed by atoms with Gasteiger partial charge in [-0.25, -0.2) is 0 Å². The van der Waals surface area contributed by atoms with E-state index in [1.54, 1.807) is 56.5 Å². The standard InChI is InChI=1S/C23H21Cl2NO3S/c1-23(17-12-18(24)14-19(25)13-17,30(28)21-9-4-3-5-10-21)22(27)26-15-16-7-6-8-20(11-16)29-2/h3-14H,15H2,1-2H3,(H,26,27). The van der Waals surface area contributed by atoms with Crippen LogP contribution in [0.25, 0.3) is 0 Å². The number of methoxy groups -OCH3 is 1. The third kappa shape index (κ3) is 4.86. The molecule has 156 valence electrons. The highest BCUT2D eigenvalue weighted by Crippen LogP contribution is 2.35. The first kappa shape index (κ1) is 22.3. The first-order chi connectivity index (χ1) is 14.3. The van der Waals surface area contributed by atoms with Crippen molar-refractivity contribution in [3.63, 3.8) is 0 Å². The molecule has 0 spiro atoms. The van der Waals surface area contributed by atoms with Crippen molar-refractivity contribution >= 4 is 39.9 Å². The zero-order chi connectivity index (χ0) is 21.7. The van der Waals surface area contributed by atoms with Gasteiger partial charge in [-0.1, -0.05) is 53.5 Å². The summed E-state index contributed by atoms with van der Waals surface area (Å²) in [5, 5.41) is 3.64. The van der Waals surface area contributed by atoms with Crippen LogP contribution in [-0.2, 0) is 26.9 Å². The van der Waals surface area contributed by atoms with Crippen molar-refractivity contribution < 1.29 is 13.7 Å². The second-order valence-corrected chi connectivity index (χ2v) is 9.51. The van der Waals surface area contributed by atoms with Crippen molar-refractivity contribution in [1.29, 1.82) is 0 Å². The van der Waals surface area contributed by atoms with Gasteiger partial charge < -0.3 is 10.1 Å². The Bertz CT molecular complexity index is 1050. The summed E-state index contributed by atoms with van der Waals surface area (Å²) in [5.41, 5.74) is 1.34. The van der Waals surface area contributed by atoms with E-state index in [4.69, 9.17) is 27.9 Å². The zero-order valence-corrected chi connectivity index (χ0v) is 18.9. The van der Waals surface area contributed by atoms with Gasteiger partial charge in [-0.05, 0) is 60.5 Å². The Balaban J connectivity index is 1.97. The molecular weight excluding hydrogens is 441 g/mol. The van der Waals surface area contributed by atoms with E-state index in [0.717, 1.165) is 5.56 Å². The maximum Gasteiger partial charge on any atom is 0.243 e. The van der Waals surface area contributed by atoms with Gasteiger partial charge in [0.15, 0.2) is 4.75 Å². The maximum absolute atomic E-state index is 13.6. The van der Waals surface area contributed by atoms with E-state index in [0.29, 0.717) is 26.3 Å². The van der Waals surface area contributed by atoms with E-state index >= 15 is 0 Å². The highest BCUT2D eigenvalue weighted by molar-refractivity contribution is 7.86. The number of rotatable bonds is 7. The normalized spacial score (nSPS) is 13.9. The van der Waals surface area contributed by atoms with Crippen LogP contribution >= 0.6 is 23.2 Å². The van der Waals surface area contributed by atoms with Gasteiger partial charge in [0.1, 0.15) is 5.75 Å². The average Bonchev–Trinajstić information content (AvgIpc) is 2.76. The van der Waals surface area contributed by atoms with Crippen LogP contribution in [0.4, 0.5) is 0 Å². The lowest BCUT2D eigenvalue weighted by Gasteiger charge is -2.28. The summed E-state index contributed by atoms with van der Waals surface area (Å²) in [6.45, 7) is 1.89. The molecule has 0 aliphatic heterocycles. The van der Waals surface area contributed by atoms with Crippen LogP contribution in [0.1, 0.15) is 18.1 Å². The molecule has 0 fully saturated rings. The Labute approximate surface area is 188 Å². The van der Waals surface area contributed by atoms with Crippen molar-refractivity contribution in [2.45, 2.75) is 23.1 Å². The largest absolute Gasteiger partial charge is 0.497 e. The fraction of sp³-hybridized carbons (Fsp3) is 0.174. The third-order valence-corrected chi connectivity index (χ3v) is 7.06. The van der Waals surface area contributed by atoms with Crippen LogP contribution in [0.15, 0.2) is 77.7 Å². The molecule has 7 heteroatoms. The predicted molar refractivity (Wildman–Crippen MR) is 122 cm³/mol. The summed E-state index contributed by atoms with van der Waals surface area (Å²) in [4.78, 5) is 13.9. The van der Waals surface area contributed by atoms with Crippen LogP contribution in [-0.4, -0.2) is 17.2 Å². The molecule has 2 unspecified atom stereocenters. The van der Waals surface area contributed by atoms with Gasteiger partial charge in [0.25, 0.3) is 0 Å². The summed E-state index contributed by atoms with van der Waals surface area (Å²) in [7, 11) is -0.118. The summed E-state index contributed by atoms with van der Waals surface area (Å²) in [5.74, 6) is 0.296. The molecule has 3 aromatic rings. The second-order valence-electron chi connectivity index (χ2n) is 6.81. The average molecular weight is 462 g/mol. The topological polar surface area (TPSA) is 55.4 Å². The number of carbonyl (C=O) groups is 1. The van der Waals surface area contributed by atoms with Crippen LogP contribution in [0.3, 0.4) is 0 Å². The molecular formula is C23H21Cl2NO3S. The molecule has 1 amide bonds. The van der Waals surface area contributed by atoms with Crippen molar-refractivity contribution in [2.75, 3.05) is 7.11 Å². The lowest BCUT2D eigenvalue weighted by molar-refractivity contribution is -0.123. The van der Waals surface area contributed by atoms with Gasteiger partial charge in [0.2, 0.25) is 5.91 Å². The Kier molecular flexibility index (Phi) is 7.19. The van der Waals surface area contributed by atoms with Crippen LogP contribution < -0.4 is 10.1 Å². The molecule has 1 N–H and O–H groups in total. The quantitative estimate of drug-likeness (QED) is 0.516. The minimum atomic E-state index is -1.70. The van der Waals surface area contributed by atoms with Crippen molar-refractivity contribution in [1.82, 2.24) is 5.32 Å². The molecule has 2 atom stereocenters. The Hall–Kier alpha value is -2.34. The Morgan fingerprint density at radius 1 is 1.00 bits per heavy atom. The molecule has 0 aromatic heterocycles. The Morgan fingerprint density at radius 3 is 2.30 bits per heavy atom. The number of ether oxygens (including phenoxy) is 1. The van der Waals surface area contributed by atoms with E-state index in [9.17, 15) is 9.00 Å². The monoisotopic (exact) mass is 461 g/mol. The molecule has 4 nitrogen and oxygen atoms in total. The summed E-state index contributed by atoms with van der Waals surface area (Å²) >= 11 is 12.4. The van der Waals surface area contributed by atoms with Crippen molar-refractivity contribution in [3.05, 3.63) is 94.0 Å². The van der Waals surface area contributed by atoms with Crippen LogP contribution in [0, 0.1) is 0 Å². The third-order valence-electron chi connectivity index (χ3n) is 4.76. The Morgan fingerprint density at radius 2 is 1.67 bits per heavy atom.